The number of benzene rings is 2. The summed E-state index contributed by atoms with van der Waals surface area (Å²) >= 11 is 0. The average Bonchev–Trinajstić information content (AvgIpc) is 2.87. The summed E-state index contributed by atoms with van der Waals surface area (Å²) in [6, 6.07) is 9.08. The SMILES string of the molecule is C[C@@H](OC[C@@]1(c2ccccc2)CC[C@](CC(N)=O)(N(C=N)C(N)=O)CN1)c1cc(C(F)(F)F)cc(C(F)(F)F)c1. The van der Waals surface area contributed by atoms with E-state index in [9.17, 15) is 35.9 Å². The first-order valence-electron chi connectivity index (χ1n) is 12.1. The number of urea groups is 1. The number of nitrogens with zero attached hydrogens (tertiary/aromatic N) is 1. The van der Waals surface area contributed by atoms with E-state index < -0.39 is 52.6 Å². The Kier molecular flexibility index (Phi) is 8.84. The Bertz CT molecular complexity index is 1200. The summed E-state index contributed by atoms with van der Waals surface area (Å²) in [5.74, 6) is -0.739. The first-order chi connectivity index (χ1) is 18.5. The number of amides is 3. The largest absolute Gasteiger partial charge is 0.416 e. The zero-order valence-corrected chi connectivity index (χ0v) is 21.4. The maximum Gasteiger partial charge on any atom is 0.416 e. The van der Waals surface area contributed by atoms with E-state index in [-0.39, 0.29) is 44.0 Å². The summed E-state index contributed by atoms with van der Waals surface area (Å²) in [6.07, 6.45) is -10.5. The van der Waals surface area contributed by atoms with Crippen LogP contribution in [0.3, 0.4) is 0 Å². The molecule has 2 aromatic carbocycles. The molecule has 1 saturated heterocycles. The van der Waals surface area contributed by atoms with Gasteiger partial charge < -0.3 is 21.5 Å². The van der Waals surface area contributed by atoms with E-state index >= 15 is 0 Å². The van der Waals surface area contributed by atoms with Crippen LogP contribution in [0.1, 0.15) is 54.5 Å². The lowest BCUT2D eigenvalue weighted by Gasteiger charge is -2.50. The maximum atomic E-state index is 13.4. The fraction of sp³-hybridized carbons (Fsp3) is 0.423. The Balaban J connectivity index is 1.94. The molecule has 0 aromatic heterocycles. The van der Waals surface area contributed by atoms with E-state index in [2.05, 4.69) is 5.32 Å². The molecule has 0 aliphatic carbocycles. The first kappa shape index (κ1) is 30.9. The molecule has 1 fully saturated rings. The van der Waals surface area contributed by atoms with Crippen molar-refractivity contribution >= 4 is 18.3 Å². The van der Waals surface area contributed by atoms with Crippen molar-refractivity contribution < 1.29 is 40.7 Å². The number of alkyl halides is 6. The van der Waals surface area contributed by atoms with Gasteiger partial charge in [-0.05, 0) is 49.1 Å². The van der Waals surface area contributed by atoms with Crippen LogP contribution in [-0.2, 0) is 27.4 Å². The van der Waals surface area contributed by atoms with Gasteiger partial charge in [0.1, 0.15) is 0 Å². The van der Waals surface area contributed by atoms with E-state index in [1.54, 1.807) is 30.3 Å². The lowest BCUT2D eigenvalue weighted by atomic mass is 9.74. The Morgan fingerprint density at radius 1 is 1.05 bits per heavy atom. The Morgan fingerprint density at radius 3 is 2.05 bits per heavy atom. The topological polar surface area (TPSA) is 135 Å². The molecule has 1 heterocycles. The van der Waals surface area contributed by atoms with E-state index in [0.29, 0.717) is 24.0 Å². The molecule has 0 unspecified atom stereocenters. The molecule has 218 valence electrons. The van der Waals surface area contributed by atoms with Gasteiger partial charge in [0.05, 0.1) is 47.7 Å². The number of piperidine rings is 1. The highest BCUT2D eigenvalue weighted by Gasteiger charge is 2.48. The molecular weight excluding hydrogens is 544 g/mol. The summed E-state index contributed by atoms with van der Waals surface area (Å²) in [7, 11) is 0. The monoisotopic (exact) mass is 573 g/mol. The van der Waals surface area contributed by atoms with Crippen molar-refractivity contribution in [1.29, 1.82) is 5.41 Å². The van der Waals surface area contributed by atoms with Gasteiger partial charge in [-0.1, -0.05) is 30.3 Å². The standard InChI is InChI=1S/C26H29F6N5O3/c1-16(17-9-19(25(27,28)29)11-20(10-17)26(30,31)32)40-14-24(18-5-3-2-4-6-18)8-7-23(13-36-24,12-21(34)38)37(15-33)22(35)39/h2-6,9-11,15-16,33,36H,7-8,12-14H2,1H3,(H2,34,38)(H2,35,39)/t16-,23-,24-/m1/s1. The van der Waals surface area contributed by atoms with Crippen LogP contribution >= 0.6 is 0 Å². The van der Waals surface area contributed by atoms with Gasteiger partial charge in [-0.2, -0.15) is 26.3 Å². The number of carbonyl (C=O) groups excluding carboxylic acids is 2. The smallest absolute Gasteiger partial charge is 0.372 e. The highest BCUT2D eigenvalue weighted by Crippen LogP contribution is 2.41. The summed E-state index contributed by atoms with van der Waals surface area (Å²) in [5.41, 5.74) is 6.05. The lowest BCUT2D eigenvalue weighted by Crippen LogP contribution is -2.66. The van der Waals surface area contributed by atoms with Gasteiger partial charge in [0.25, 0.3) is 0 Å². The minimum atomic E-state index is -5.00. The molecule has 3 rings (SSSR count). The molecule has 3 amide bonds. The van der Waals surface area contributed by atoms with Gasteiger partial charge in [0.15, 0.2) is 0 Å². The highest BCUT2D eigenvalue weighted by molar-refractivity contribution is 5.87. The highest BCUT2D eigenvalue weighted by atomic mass is 19.4. The van der Waals surface area contributed by atoms with Crippen LogP contribution in [0, 0.1) is 5.41 Å². The summed E-state index contributed by atoms with van der Waals surface area (Å²) in [6.45, 7) is 1.09. The third-order valence-corrected chi connectivity index (χ3v) is 7.14. The molecule has 0 saturated carbocycles. The van der Waals surface area contributed by atoms with Crippen molar-refractivity contribution in [1.82, 2.24) is 10.2 Å². The van der Waals surface area contributed by atoms with E-state index in [0.717, 1.165) is 4.90 Å². The van der Waals surface area contributed by atoms with Crippen molar-refractivity contribution in [2.24, 2.45) is 11.5 Å². The van der Waals surface area contributed by atoms with E-state index in [1.165, 1.54) is 6.92 Å². The zero-order chi connectivity index (χ0) is 29.9. The van der Waals surface area contributed by atoms with Crippen LogP contribution in [0.2, 0.25) is 0 Å². The number of primary amides is 2. The van der Waals surface area contributed by atoms with Crippen LogP contribution in [-0.4, -0.2) is 41.9 Å². The average molecular weight is 574 g/mol. The fourth-order valence-corrected chi connectivity index (χ4v) is 4.94. The Hall–Kier alpha value is -3.65. The lowest BCUT2D eigenvalue weighted by molar-refractivity contribution is -0.143. The molecule has 0 bridgehead atoms. The predicted octanol–water partition coefficient (Wildman–Crippen LogP) is 4.68. The molecule has 8 nitrogen and oxygen atoms in total. The van der Waals surface area contributed by atoms with Gasteiger partial charge in [0.2, 0.25) is 5.91 Å². The van der Waals surface area contributed by atoms with Crippen LogP contribution in [0.25, 0.3) is 0 Å². The number of ether oxygens (including phenoxy) is 1. The third-order valence-electron chi connectivity index (χ3n) is 7.14. The molecule has 6 N–H and O–H groups in total. The van der Waals surface area contributed by atoms with Gasteiger partial charge >= 0.3 is 18.4 Å². The number of rotatable bonds is 9. The summed E-state index contributed by atoms with van der Waals surface area (Å²) in [4.78, 5) is 24.8. The Morgan fingerprint density at radius 2 is 1.62 bits per heavy atom. The van der Waals surface area contributed by atoms with Crippen LogP contribution in [0.15, 0.2) is 48.5 Å². The molecule has 2 aromatic rings. The molecular formula is C26H29F6N5O3. The van der Waals surface area contributed by atoms with Crippen molar-refractivity contribution in [3.63, 3.8) is 0 Å². The number of nitrogens with one attached hydrogen (secondary N) is 2. The maximum absolute atomic E-state index is 13.4. The minimum absolute atomic E-state index is 0.0521. The number of hydrogen-bond acceptors (Lipinski definition) is 5. The zero-order valence-electron chi connectivity index (χ0n) is 21.4. The van der Waals surface area contributed by atoms with Gasteiger partial charge in [-0.15, -0.1) is 0 Å². The van der Waals surface area contributed by atoms with Crippen molar-refractivity contribution in [2.45, 2.75) is 55.7 Å². The molecule has 0 spiro atoms. The van der Waals surface area contributed by atoms with Crippen LogP contribution in [0.4, 0.5) is 31.1 Å². The van der Waals surface area contributed by atoms with E-state index in [4.69, 9.17) is 21.6 Å². The summed E-state index contributed by atoms with van der Waals surface area (Å²) < 4.78 is 86.1. The summed E-state index contributed by atoms with van der Waals surface area (Å²) in [5, 5.41) is 10.9. The number of halogens is 6. The first-order valence-corrected chi connectivity index (χ1v) is 12.1. The van der Waals surface area contributed by atoms with Crippen LogP contribution in [0.5, 0.6) is 0 Å². The quantitative estimate of drug-likeness (QED) is 0.197. The number of hydrogen-bond donors (Lipinski definition) is 4. The molecule has 0 radical (unpaired) electrons. The van der Waals surface area contributed by atoms with Gasteiger partial charge in [-0.3, -0.25) is 15.1 Å². The molecule has 1 aliphatic heterocycles. The number of nitrogens with two attached hydrogens (primary N) is 2. The van der Waals surface area contributed by atoms with Crippen molar-refractivity contribution in [3.05, 3.63) is 70.8 Å². The van der Waals surface area contributed by atoms with Crippen LogP contribution < -0.4 is 16.8 Å². The van der Waals surface area contributed by atoms with Gasteiger partial charge in [0, 0.05) is 6.54 Å². The molecule has 3 atom stereocenters. The predicted molar refractivity (Wildman–Crippen MR) is 133 cm³/mol. The second-order valence-electron chi connectivity index (χ2n) is 9.80. The fourth-order valence-electron chi connectivity index (χ4n) is 4.94. The second kappa shape index (κ2) is 11.5. The Labute approximate surface area is 226 Å². The van der Waals surface area contributed by atoms with E-state index in [1.807, 2.05) is 0 Å². The van der Waals surface area contributed by atoms with Gasteiger partial charge in [-0.25, -0.2) is 4.79 Å². The normalized spacial score (nSPS) is 22.4. The van der Waals surface area contributed by atoms with Crippen molar-refractivity contribution in [3.8, 4) is 0 Å². The second-order valence-corrected chi connectivity index (χ2v) is 9.80. The molecule has 40 heavy (non-hydrogen) atoms. The minimum Gasteiger partial charge on any atom is -0.372 e. The molecule has 14 heteroatoms. The molecule has 1 aliphatic rings. The third kappa shape index (κ3) is 6.73. The van der Waals surface area contributed by atoms with Crippen molar-refractivity contribution in [2.75, 3.05) is 13.2 Å². The number of carbonyl (C=O) groups is 2.